The van der Waals surface area contributed by atoms with Gasteiger partial charge in [0, 0.05) is 12.6 Å². The Kier molecular flexibility index (Phi) is 4.35. The molecule has 2 rings (SSSR count). The van der Waals surface area contributed by atoms with E-state index in [0.717, 1.165) is 12.6 Å². The molecule has 1 aromatic rings. The van der Waals surface area contributed by atoms with Crippen LogP contribution in [0.25, 0.3) is 0 Å². The van der Waals surface area contributed by atoms with Gasteiger partial charge in [0.05, 0.1) is 0 Å². The first-order valence-corrected chi connectivity index (χ1v) is 7.73. The first-order chi connectivity index (χ1) is 8.93. The number of hydrogen-bond donors (Lipinski definition) is 0. The second kappa shape index (κ2) is 5.66. The lowest BCUT2D eigenvalue weighted by Crippen LogP contribution is -2.37. The van der Waals surface area contributed by atoms with Crippen LogP contribution >= 0.6 is 0 Å². The lowest BCUT2D eigenvalue weighted by molar-refractivity contribution is 0.152. The van der Waals surface area contributed by atoms with Crippen LogP contribution in [-0.2, 0) is 6.54 Å². The molecule has 1 fully saturated rings. The Hall–Kier alpha value is -0.820. The maximum atomic E-state index is 2.67. The summed E-state index contributed by atoms with van der Waals surface area (Å²) in [6, 6.07) is 0.745. The van der Waals surface area contributed by atoms with Crippen LogP contribution in [0.15, 0.2) is 0 Å². The fourth-order valence-electron chi connectivity index (χ4n) is 3.41. The van der Waals surface area contributed by atoms with Crippen LogP contribution in [0, 0.1) is 34.6 Å². The summed E-state index contributed by atoms with van der Waals surface area (Å²) in [5, 5.41) is 0. The molecule has 1 aromatic carbocycles. The van der Waals surface area contributed by atoms with Gasteiger partial charge in [-0.25, -0.2) is 0 Å². The van der Waals surface area contributed by atoms with Crippen molar-refractivity contribution >= 4 is 0 Å². The minimum Gasteiger partial charge on any atom is -0.296 e. The number of piperidine rings is 1. The Morgan fingerprint density at radius 2 is 1.37 bits per heavy atom. The predicted octanol–water partition coefficient (Wildman–Crippen LogP) is 4.60. The Morgan fingerprint density at radius 3 is 1.89 bits per heavy atom. The topological polar surface area (TPSA) is 3.24 Å². The molecule has 19 heavy (non-hydrogen) atoms. The average Bonchev–Trinajstić information content (AvgIpc) is 2.41. The van der Waals surface area contributed by atoms with E-state index < -0.39 is 0 Å². The molecule has 0 amide bonds. The molecule has 1 atom stereocenters. The fourth-order valence-corrected chi connectivity index (χ4v) is 3.41. The quantitative estimate of drug-likeness (QED) is 0.750. The number of benzene rings is 1. The summed E-state index contributed by atoms with van der Waals surface area (Å²) >= 11 is 0. The van der Waals surface area contributed by atoms with Gasteiger partial charge in [-0.05, 0) is 94.3 Å². The molecule has 0 radical (unpaired) electrons. The number of likely N-dealkylation sites (tertiary alicyclic amines) is 1. The van der Waals surface area contributed by atoms with Gasteiger partial charge in [0.2, 0.25) is 0 Å². The molecule has 0 spiro atoms. The summed E-state index contributed by atoms with van der Waals surface area (Å²) < 4.78 is 0. The van der Waals surface area contributed by atoms with Gasteiger partial charge in [-0.3, -0.25) is 4.90 Å². The summed E-state index contributed by atoms with van der Waals surface area (Å²) in [5.74, 6) is 0. The third-order valence-corrected chi connectivity index (χ3v) is 5.46. The highest BCUT2D eigenvalue weighted by molar-refractivity contribution is 5.49. The summed E-state index contributed by atoms with van der Waals surface area (Å²) in [6.45, 7) is 16.2. The fraction of sp³-hybridized carbons (Fsp3) is 0.667. The van der Waals surface area contributed by atoms with Crippen molar-refractivity contribution in [1.29, 1.82) is 0 Å². The third kappa shape index (κ3) is 2.72. The molecule has 1 heterocycles. The molecule has 1 aliphatic rings. The van der Waals surface area contributed by atoms with Gasteiger partial charge in [-0.2, -0.15) is 0 Å². The molecule has 0 bridgehead atoms. The van der Waals surface area contributed by atoms with Crippen molar-refractivity contribution in [2.75, 3.05) is 6.54 Å². The van der Waals surface area contributed by atoms with Crippen LogP contribution in [0.1, 0.15) is 59.6 Å². The van der Waals surface area contributed by atoms with Crippen LogP contribution in [0.4, 0.5) is 0 Å². The smallest absolute Gasteiger partial charge is 0.0242 e. The molecule has 0 N–H and O–H groups in total. The van der Waals surface area contributed by atoms with Gasteiger partial charge >= 0.3 is 0 Å². The zero-order chi connectivity index (χ0) is 14.2. The van der Waals surface area contributed by atoms with E-state index in [2.05, 4.69) is 46.4 Å². The van der Waals surface area contributed by atoms with Crippen molar-refractivity contribution < 1.29 is 0 Å². The number of rotatable bonds is 2. The van der Waals surface area contributed by atoms with E-state index in [1.165, 1.54) is 53.6 Å². The molecule has 1 nitrogen and oxygen atoms in total. The molecule has 0 saturated carbocycles. The first-order valence-electron chi connectivity index (χ1n) is 7.73. The second-order valence-electron chi connectivity index (χ2n) is 6.42. The molecule has 0 aliphatic carbocycles. The largest absolute Gasteiger partial charge is 0.296 e. The average molecular weight is 259 g/mol. The van der Waals surface area contributed by atoms with Gasteiger partial charge in [-0.1, -0.05) is 6.42 Å². The maximum Gasteiger partial charge on any atom is 0.0242 e. The Morgan fingerprint density at radius 1 is 0.842 bits per heavy atom. The van der Waals surface area contributed by atoms with Crippen molar-refractivity contribution in [2.24, 2.45) is 0 Å². The molecule has 1 saturated heterocycles. The van der Waals surface area contributed by atoms with Crippen molar-refractivity contribution in [2.45, 2.75) is 73.4 Å². The molecular formula is C18H29N. The highest BCUT2D eigenvalue weighted by Gasteiger charge is 2.21. The predicted molar refractivity (Wildman–Crippen MR) is 83.9 cm³/mol. The zero-order valence-electron chi connectivity index (χ0n) is 13.6. The van der Waals surface area contributed by atoms with Crippen LogP contribution < -0.4 is 0 Å². The van der Waals surface area contributed by atoms with E-state index in [-0.39, 0.29) is 0 Å². The summed E-state index contributed by atoms with van der Waals surface area (Å²) in [5.41, 5.74) is 9.06. The highest BCUT2D eigenvalue weighted by Crippen LogP contribution is 2.28. The van der Waals surface area contributed by atoms with E-state index in [0.29, 0.717) is 0 Å². The van der Waals surface area contributed by atoms with E-state index >= 15 is 0 Å². The second-order valence-corrected chi connectivity index (χ2v) is 6.42. The molecule has 1 heteroatoms. The number of hydrogen-bond acceptors (Lipinski definition) is 1. The minimum atomic E-state index is 0.745. The van der Waals surface area contributed by atoms with Crippen molar-refractivity contribution in [3.63, 3.8) is 0 Å². The van der Waals surface area contributed by atoms with E-state index in [1.807, 2.05) is 0 Å². The Balaban J connectivity index is 2.34. The van der Waals surface area contributed by atoms with Gasteiger partial charge in [0.15, 0.2) is 0 Å². The van der Waals surface area contributed by atoms with Crippen molar-refractivity contribution in [3.05, 3.63) is 33.4 Å². The SMILES string of the molecule is Cc1c(C)c(C)c(CN2CCCC[C@H]2C)c(C)c1C. The van der Waals surface area contributed by atoms with Crippen molar-refractivity contribution in [1.82, 2.24) is 4.90 Å². The van der Waals surface area contributed by atoms with E-state index in [1.54, 1.807) is 5.56 Å². The number of nitrogens with zero attached hydrogens (tertiary/aromatic N) is 1. The van der Waals surface area contributed by atoms with Crippen LogP contribution in [0.3, 0.4) is 0 Å². The molecule has 0 aromatic heterocycles. The normalized spacial score (nSPS) is 20.8. The molecular weight excluding hydrogens is 230 g/mol. The van der Waals surface area contributed by atoms with Gasteiger partial charge in [0.25, 0.3) is 0 Å². The lowest BCUT2D eigenvalue weighted by atomic mass is 9.89. The minimum absolute atomic E-state index is 0.745. The highest BCUT2D eigenvalue weighted by atomic mass is 15.2. The third-order valence-electron chi connectivity index (χ3n) is 5.46. The molecule has 0 unspecified atom stereocenters. The summed E-state index contributed by atoms with van der Waals surface area (Å²) in [4.78, 5) is 2.67. The van der Waals surface area contributed by atoms with E-state index in [9.17, 15) is 0 Å². The maximum absolute atomic E-state index is 2.67. The van der Waals surface area contributed by atoms with Crippen LogP contribution in [-0.4, -0.2) is 17.5 Å². The standard InChI is InChI=1S/C18H29N/c1-12-9-7-8-10-19(12)11-18-16(5)14(3)13(2)15(4)17(18)6/h12H,7-11H2,1-6H3/t12-/m1/s1. The van der Waals surface area contributed by atoms with Gasteiger partial charge < -0.3 is 0 Å². The molecule has 106 valence electrons. The Labute approximate surface area is 119 Å². The summed E-state index contributed by atoms with van der Waals surface area (Å²) in [7, 11) is 0. The summed E-state index contributed by atoms with van der Waals surface area (Å²) in [6.07, 6.45) is 4.13. The van der Waals surface area contributed by atoms with Crippen LogP contribution in [0.2, 0.25) is 0 Å². The zero-order valence-corrected chi connectivity index (χ0v) is 13.6. The monoisotopic (exact) mass is 259 g/mol. The Bertz CT molecular complexity index is 444. The van der Waals surface area contributed by atoms with E-state index in [4.69, 9.17) is 0 Å². The lowest BCUT2D eigenvalue weighted by Gasteiger charge is -2.34. The molecule has 1 aliphatic heterocycles. The first kappa shape index (κ1) is 14.6. The van der Waals surface area contributed by atoms with Crippen molar-refractivity contribution in [3.8, 4) is 0 Å². The van der Waals surface area contributed by atoms with Crippen LogP contribution in [0.5, 0.6) is 0 Å². The van der Waals surface area contributed by atoms with Gasteiger partial charge in [-0.15, -0.1) is 0 Å². The van der Waals surface area contributed by atoms with Gasteiger partial charge in [0.1, 0.15) is 0 Å².